The van der Waals surface area contributed by atoms with Crippen molar-refractivity contribution in [3.8, 4) is 11.7 Å². The largest absolute Gasteiger partial charge is 0.459 e. The van der Waals surface area contributed by atoms with Crippen LogP contribution in [0.5, 0.6) is 0 Å². The molecule has 1 aromatic carbocycles. The molecule has 0 bridgehead atoms. The van der Waals surface area contributed by atoms with Crippen LogP contribution in [-0.2, 0) is 6.54 Å². The molecule has 3 rings (SSSR count). The van der Waals surface area contributed by atoms with E-state index in [0.29, 0.717) is 12.3 Å². The number of hydrogen-bond acceptors (Lipinski definition) is 4. The smallest absolute Gasteiger partial charge is 0.437 e. The fourth-order valence-corrected chi connectivity index (χ4v) is 2.07. The van der Waals surface area contributed by atoms with Gasteiger partial charge in [-0.25, -0.2) is 4.79 Å². The highest BCUT2D eigenvalue weighted by Crippen LogP contribution is 2.18. The van der Waals surface area contributed by atoms with Crippen LogP contribution in [0.15, 0.2) is 62.4 Å². The van der Waals surface area contributed by atoms with Crippen molar-refractivity contribution in [2.45, 2.75) is 19.4 Å². The third-order valence-electron chi connectivity index (χ3n) is 3.15. The van der Waals surface area contributed by atoms with Crippen LogP contribution in [0, 0.1) is 0 Å². The summed E-state index contributed by atoms with van der Waals surface area (Å²) < 4.78 is 11.6. The maximum absolute atomic E-state index is 11.8. The molecule has 20 heavy (non-hydrogen) atoms. The standard InChI is InChI=1S/C15H14N2O3/c1-11(12-6-3-2-4-7-12)10-17-15(18)20-14(16-17)13-8-5-9-19-13/h2-9,11H,10H2,1H3. The molecule has 3 aromatic rings. The number of nitrogens with zero attached hydrogens (tertiary/aromatic N) is 2. The summed E-state index contributed by atoms with van der Waals surface area (Å²) in [5.41, 5.74) is 1.15. The van der Waals surface area contributed by atoms with E-state index in [-0.39, 0.29) is 11.8 Å². The third-order valence-corrected chi connectivity index (χ3v) is 3.15. The minimum Gasteiger partial charge on any atom is -0.459 e. The van der Waals surface area contributed by atoms with Gasteiger partial charge in [-0.3, -0.25) is 0 Å². The molecule has 0 fully saturated rings. The molecule has 102 valence electrons. The molecule has 5 heteroatoms. The lowest BCUT2D eigenvalue weighted by Gasteiger charge is -2.09. The monoisotopic (exact) mass is 270 g/mol. The Labute approximate surface area is 115 Å². The number of benzene rings is 1. The first-order valence-corrected chi connectivity index (χ1v) is 6.41. The van der Waals surface area contributed by atoms with Crippen molar-refractivity contribution in [2.24, 2.45) is 0 Å². The van der Waals surface area contributed by atoms with Gasteiger partial charge in [0.15, 0.2) is 5.76 Å². The molecule has 5 nitrogen and oxygen atoms in total. The Morgan fingerprint density at radius 2 is 2.00 bits per heavy atom. The Kier molecular flexibility index (Phi) is 3.25. The van der Waals surface area contributed by atoms with Crippen molar-refractivity contribution in [2.75, 3.05) is 0 Å². The van der Waals surface area contributed by atoms with E-state index in [9.17, 15) is 4.79 Å². The lowest BCUT2D eigenvalue weighted by Crippen LogP contribution is -2.19. The molecule has 1 unspecified atom stereocenters. The molecule has 0 saturated heterocycles. The van der Waals surface area contributed by atoms with E-state index in [1.165, 1.54) is 10.9 Å². The molecule has 0 amide bonds. The van der Waals surface area contributed by atoms with Crippen LogP contribution in [0.2, 0.25) is 0 Å². The van der Waals surface area contributed by atoms with Gasteiger partial charge in [-0.2, -0.15) is 4.68 Å². The topological polar surface area (TPSA) is 61.2 Å². The van der Waals surface area contributed by atoms with Crippen LogP contribution < -0.4 is 5.76 Å². The Morgan fingerprint density at radius 1 is 1.20 bits per heavy atom. The SMILES string of the molecule is CC(Cn1nc(-c2ccco2)oc1=O)c1ccccc1. The molecule has 2 aromatic heterocycles. The van der Waals surface area contributed by atoms with Crippen LogP contribution in [0.3, 0.4) is 0 Å². The van der Waals surface area contributed by atoms with E-state index in [0.717, 1.165) is 5.56 Å². The van der Waals surface area contributed by atoms with E-state index in [2.05, 4.69) is 5.10 Å². The molecule has 0 aliphatic rings. The zero-order valence-electron chi connectivity index (χ0n) is 11.0. The highest BCUT2D eigenvalue weighted by atomic mass is 16.4. The minimum atomic E-state index is -0.473. The highest BCUT2D eigenvalue weighted by Gasteiger charge is 2.15. The molecule has 0 saturated carbocycles. The predicted octanol–water partition coefficient (Wildman–Crippen LogP) is 2.90. The first-order chi connectivity index (χ1) is 9.74. The van der Waals surface area contributed by atoms with Gasteiger partial charge in [-0.15, -0.1) is 5.10 Å². The second-order valence-electron chi connectivity index (χ2n) is 4.64. The molecule has 0 N–H and O–H groups in total. The summed E-state index contributed by atoms with van der Waals surface area (Å²) in [6.07, 6.45) is 1.51. The van der Waals surface area contributed by atoms with E-state index in [1.807, 2.05) is 37.3 Å². The second-order valence-corrected chi connectivity index (χ2v) is 4.64. The van der Waals surface area contributed by atoms with E-state index >= 15 is 0 Å². The van der Waals surface area contributed by atoms with Gasteiger partial charge in [0.05, 0.1) is 12.8 Å². The van der Waals surface area contributed by atoms with Gasteiger partial charge in [-0.05, 0) is 17.7 Å². The van der Waals surface area contributed by atoms with Gasteiger partial charge in [0.1, 0.15) is 0 Å². The zero-order chi connectivity index (χ0) is 13.9. The van der Waals surface area contributed by atoms with Crippen LogP contribution in [0.1, 0.15) is 18.4 Å². The van der Waals surface area contributed by atoms with Crippen molar-refractivity contribution >= 4 is 0 Å². The number of hydrogen-bond donors (Lipinski definition) is 0. The highest BCUT2D eigenvalue weighted by molar-refractivity contribution is 5.42. The van der Waals surface area contributed by atoms with Crippen molar-refractivity contribution < 1.29 is 8.83 Å². The first-order valence-electron chi connectivity index (χ1n) is 6.41. The summed E-state index contributed by atoms with van der Waals surface area (Å²) in [5.74, 6) is 0.358. The van der Waals surface area contributed by atoms with Gasteiger partial charge in [-0.1, -0.05) is 37.3 Å². The lowest BCUT2D eigenvalue weighted by atomic mass is 10.0. The van der Waals surface area contributed by atoms with Crippen LogP contribution in [0.4, 0.5) is 0 Å². The Bertz CT molecular complexity index is 726. The fraction of sp³-hybridized carbons (Fsp3) is 0.200. The maximum Gasteiger partial charge on any atom is 0.437 e. The summed E-state index contributed by atoms with van der Waals surface area (Å²) in [6.45, 7) is 2.51. The predicted molar refractivity (Wildman–Crippen MR) is 73.3 cm³/mol. The second kappa shape index (κ2) is 5.21. The molecule has 0 aliphatic heterocycles. The zero-order valence-corrected chi connectivity index (χ0v) is 11.0. The molecule has 2 heterocycles. The van der Waals surface area contributed by atoms with Gasteiger partial charge in [0.25, 0.3) is 5.89 Å². The summed E-state index contributed by atoms with van der Waals surface area (Å²) in [7, 11) is 0. The maximum atomic E-state index is 11.8. The van der Waals surface area contributed by atoms with Crippen LogP contribution >= 0.6 is 0 Å². The van der Waals surface area contributed by atoms with E-state index in [1.54, 1.807) is 12.1 Å². The summed E-state index contributed by atoms with van der Waals surface area (Å²) >= 11 is 0. The summed E-state index contributed by atoms with van der Waals surface area (Å²) in [4.78, 5) is 11.8. The normalized spacial score (nSPS) is 12.4. The van der Waals surface area contributed by atoms with E-state index < -0.39 is 5.76 Å². The summed E-state index contributed by atoms with van der Waals surface area (Å²) in [5, 5.41) is 4.16. The lowest BCUT2D eigenvalue weighted by molar-refractivity contribution is 0.454. The number of aromatic nitrogens is 2. The average Bonchev–Trinajstić information content (AvgIpc) is 3.10. The molecule has 0 radical (unpaired) electrons. The van der Waals surface area contributed by atoms with Gasteiger partial charge >= 0.3 is 5.76 Å². The molecule has 0 spiro atoms. The van der Waals surface area contributed by atoms with Crippen LogP contribution in [-0.4, -0.2) is 9.78 Å². The van der Waals surface area contributed by atoms with Crippen molar-refractivity contribution in [3.63, 3.8) is 0 Å². The quantitative estimate of drug-likeness (QED) is 0.731. The Balaban J connectivity index is 1.83. The van der Waals surface area contributed by atoms with Crippen molar-refractivity contribution in [1.82, 2.24) is 9.78 Å². The van der Waals surface area contributed by atoms with Crippen LogP contribution in [0.25, 0.3) is 11.7 Å². The molecule has 1 atom stereocenters. The Hall–Kier alpha value is -2.56. The number of furan rings is 1. The third kappa shape index (κ3) is 2.42. The fourth-order valence-electron chi connectivity index (χ4n) is 2.07. The summed E-state index contributed by atoms with van der Waals surface area (Å²) in [6, 6.07) is 13.4. The van der Waals surface area contributed by atoms with Gasteiger partial charge in [0, 0.05) is 5.92 Å². The minimum absolute atomic E-state index is 0.170. The van der Waals surface area contributed by atoms with Crippen molar-refractivity contribution in [1.29, 1.82) is 0 Å². The molecular weight excluding hydrogens is 256 g/mol. The molecular formula is C15H14N2O3. The average molecular weight is 270 g/mol. The number of rotatable bonds is 4. The van der Waals surface area contributed by atoms with E-state index in [4.69, 9.17) is 8.83 Å². The first kappa shape index (κ1) is 12.5. The van der Waals surface area contributed by atoms with Gasteiger partial charge in [0.2, 0.25) is 0 Å². The molecule has 0 aliphatic carbocycles. The van der Waals surface area contributed by atoms with Crippen molar-refractivity contribution in [3.05, 3.63) is 64.8 Å². The Morgan fingerprint density at radius 3 is 2.70 bits per heavy atom. The van der Waals surface area contributed by atoms with Gasteiger partial charge < -0.3 is 8.83 Å².